The average Bonchev–Trinajstić information content (AvgIpc) is 0.781. The molecule has 12 aromatic carbocycles. The maximum Gasteiger partial charge on any atom is 0.287 e. The van der Waals surface area contributed by atoms with E-state index in [0.29, 0.717) is 22.3 Å². The Balaban J connectivity index is 0.000000323. The van der Waals surface area contributed by atoms with Crippen molar-refractivity contribution in [3.63, 3.8) is 0 Å². The summed E-state index contributed by atoms with van der Waals surface area (Å²) in [6.07, 6.45) is 7.92. The van der Waals surface area contributed by atoms with Crippen molar-refractivity contribution in [3.8, 4) is 56.3 Å². The lowest BCUT2D eigenvalue weighted by Crippen LogP contribution is -2.32. The van der Waals surface area contributed by atoms with E-state index in [9.17, 15) is 8.78 Å². The van der Waals surface area contributed by atoms with Crippen LogP contribution in [0, 0.1) is 147 Å². The Morgan fingerprint density at radius 3 is 0.858 bits per heavy atom. The molecule has 0 aliphatic rings. The molecule has 0 aliphatic heterocycles. The van der Waals surface area contributed by atoms with Gasteiger partial charge in [-0.3, -0.25) is 0 Å². The Bertz CT molecular complexity index is 6280. The van der Waals surface area contributed by atoms with Crippen LogP contribution in [0.5, 0.6) is 0 Å². The van der Waals surface area contributed by atoms with E-state index in [4.69, 9.17) is 0 Å². The average molecular weight is 1800 g/mol. The number of nitrogens with zero attached hydrogens (tertiary/aromatic N) is 7. The van der Waals surface area contributed by atoms with Gasteiger partial charge < -0.3 is 0 Å². The highest BCUT2D eigenvalue weighted by Gasteiger charge is 2.25. The van der Waals surface area contributed by atoms with Crippen molar-refractivity contribution in [3.05, 3.63) is 386 Å². The molecule has 0 spiro atoms. The van der Waals surface area contributed by atoms with Crippen LogP contribution >= 0.6 is 0 Å². The fourth-order valence-corrected chi connectivity index (χ4v) is 15.5. The van der Waals surface area contributed by atoms with Crippen LogP contribution in [-0.4, -0.2) is 9.97 Å². The van der Waals surface area contributed by atoms with Crippen LogP contribution in [0.4, 0.5) is 8.78 Å². The molecular weight excluding hydrogens is 1640 g/mol. The molecule has 0 radical (unpaired) electrons. The number of pyridine rings is 3. The van der Waals surface area contributed by atoms with Crippen molar-refractivity contribution in [2.45, 2.75) is 223 Å². The van der Waals surface area contributed by atoms with Gasteiger partial charge in [-0.25, -0.2) is 27.0 Å². The zero-order valence-electron chi connectivity index (χ0n) is 86.7. The number of hydrogen-bond donors (Lipinski definition) is 0. The van der Waals surface area contributed by atoms with E-state index in [0.717, 1.165) is 73.2 Å². The molecule has 134 heavy (non-hydrogen) atoms. The number of rotatable bonds is 5. The highest BCUT2D eigenvalue weighted by atomic mass is 19.1. The third-order valence-corrected chi connectivity index (χ3v) is 22.6. The third-order valence-electron chi connectivity index (χ3n) is 22.6. The highest BCUT2D eigenvalue weighted by Crippen LogP contribution is 2.36. The molecule has 0 bridgehead atoms. The van der Waals surface area contributed by atoms with E-state index in [1.807, 2.05) is 190 Å². The number of benzene rings is 12. The van der Waals surface area contributed by atoms with E-state index in [1.165, 1.54) is 127 Å². The monoisotopic (exact) mass is 1800 g/mol. The summed E-state index contributed by atoms with van der Waals surface area (Å²) in [5, 5.41) is 8.64. The second kappa shape index (κ2) is 55.2. The molecule has 5 aromatic heterocycles. The van der Waals surface area contributed by atoms with Crippen LogP contribution in [0.2, 0.25) is 0 Å². The largest absolute Gasteiger partial charge is 0.287 e. The fourth-order valence-electron chi connectivity index (χ4n) is 15.5. The van der Waals surface area contributed by atoms with Crippen molar-refractivity contribution < 1.29 is 31.6 Å². The summed E-state index contributed by atoms with van der Waals surface area (Å²) in [5.41, 5.74) is 34.8. The molecule has 706 valence electrons. The number of aryl methyl sites for hydroxylation is 15. The van der Waals surface area contributed by atoms with Crippen LogP contribution in [0.1, 0.15) is 199 Å². The Kier molecular flexibility index (Phi) is 46.8. The van der Waals surface area contributed by atoms with Crippen LogP contribution < -0.4 is 22.8 Å². The van der Waals surface area contributed by atoms with Gasteiger partial charge in [-0.2, -0.15) is 4.57 Å². The van der Waals surface area contributed by atoms with Gasteiger partial charge in [0.05, 0.1) is 46.8 Å². The number of fused-ring (bicyclic) bond motifs is 5. The first-order chi connectivity index (χ1) is 62.7. The van der Waals surface area contributed by atoms with E-state index in [-0.39, 0.29) is 26.5 Å². The van der Waals surface area contributed by atoms with Crippen molar-refractivity contribution in [2.24, 2.45) is 53.0 Å². The maximum atomic E-state index is 14.1. The molecule has 0 fully saturated rings. The Morgan fingerprint density at radius 2 is 0.522 bits per heavy atom. The summed E-state index contributed by atoms with van der Waals surface area (Å²) in [7, 11) is 10.3. The Morgan fingerprint density at radius 1 is 0.246 bits per heavy atom. The van der Waals surface area contributed by atoms with Gasteiger partial charge in [-0.1, -0.05) is 284 Å². The predicted octanol–water partition coefficient (Wildman–Crippen LogP) is 32.7. The molecule has 7 nitrogen and oxygen atoms in total. The zero-order valence-corrected chi connectivity index (χ0v) is 86.7. The van der Waals surface area contributed by atoms with Gasteiger partial charge in [0, 0.05) is 46.3 Å². The fraction of sp³-hybridized carbons (Fsp3) is 0.320. The molecule has 0 saturated carbocycles. The summed E-state index contributed by atoms with van der Waals surface area (Å²) in [4.78, 5) is 8.90. The molecule has 5 heterocycles. The second-order valence-electron chi connectivity index (χ2n) is 36.4. The summed E-state index contributed by atoms with van der Waals surface area (Å²) >= 11 is 0. The second-order valence-corrected chi connectivity index (χ2v) is 36.4. The van der Waals surface area contributed by atoms with Gasteiger partial charge in [0.15, 0.2) is 23.4 Å². The molecule has 0 atom stereocenters. The third kappa shape index (κ3) is 31.3. The zero-order chi connectivity index (χ0) is 98.1. The highest BCUT2D eigenvalue weighted by molar-refractivity contribution is 5.96. The van der Waals surface area contributed by atoms with Gasteiger partial charge in [0.1, 0.15) is 44.2 Å². The molecular formula is C125H162F2N7+5. The van der Waals surface area contributed by atoms with Crippen LogP contribution in [-0.2, 0) is 35.2 Å². The first-order valence-corrected chi connectivity index (χ1v) is 47.1. The Hall–Kier alpha value is -12.6. The van der Waals surface area contributed by atoms with Crippen molar-refractivity contribution in [2.75, 3.05) is 0 Å². The predicted molar refractivity (Wildman–Crippen MR) is 579 cm³/mol. The topological polar surface area (TPSA) is 45.2 Å². The standard InChI is InChI=1S/3C19H20N.2C18H18FN2.2C7H8.3C4H10.2C2H6.2CH4/c1-13-11-14(2)15(3)17(12-13)19-10-9-16-7-5-6-8-18(16)20(19)4;2*1-13-11-14(2)15(3)18(12-13)19-17-8-6-5-7-16(17)9-10-20(19)4;2*1-11-9-15(12(2)13(3)17(11)19)18-14-7-5-6-8-16(14)20-10-21(18)4;2*1-7-5-3-2-4-6-7;3*1-4(2)3;2*1-2;;/h3*5-12H,1-4H3;2*5-10H,1-4H3;2*2-6H,1H3;3*4H,1-3H3;2*1-2H3;2*1H4/q5*+1;;;;;;;;;. The smallest absolute Gasteiger partial charge is 0.232 e. The lowest BCUT2D eigenvalue weighted by Gasteiger charge is -2.13. The summed E-state index contributed by atoms with van der Waals surface area (Å²) in [6.45, 7) is 62.6. The minimum absolute atomic E-state index is 0. The van der Waals surface area contributed by atoms with Gasteiger partial charge in [-0.05, 0) is 302 Å². The summed E-state index contributed by atoms with van der Waals surface area (Å²) in [5.74, 6) is 2.27. The van der Waals surface area contributed by atoms with Gasteiger partial charge in [-0.15, -0.1) is 0 Å². The minimum atomic E-state index is -0.114. The number of para-hydroxylation sites is 3. The summed E-state index contributed by atoms with van der Waals surface area (Å²) < 4.78 is 38.9. The molecule has 0 aliphatic carbocycles. The van der Waals surface area contributed by atoms with Crippen LogP contribution in [0.15, 0.2) is 280 Å². The first-order valence-electron chi connectivity index (χ1n) is 47.1. The van der Waals surface area contributed by atoms with E-state index in [1.54, 1.807) is 0 Å². The lowest BCUT2D eigenvalue weighted by molar-refractivity contribution is -0.662. The van der Waals surface area contributed by atoms with E-state index < -0.39 is 0 Å². The molecule has 0 amide bonds. The number of halogens is 2. The molecule has 0 unspecified atom stereocenters. The van der Waals surface area contributed by atoms with Crippen molar-refractivity contribution in [1.29, 1.82) is 0 Å². The quantitative estimate of drug-likeness (QED) is 0.161. The van der Waals surface area contributed by atoms with Gasteiger partial charge in [0.2, 0.25) is 22.6 Å². The number of aromatic nitrogens is 7. The molecule has 9 heteroatoms. The molecule has 0 N–H and O–H groups in total. The van der Waals surface area contributed by atoms with Crippen molar-refractivity contribution in [1.82, 2.24) is 9.97 Å². The normalized spacial score (nSPS) is 10.2. The molecule has 17 rings (SSSR count). The lowest BCUT2D eigenvalue weighted by atomic mass is 9.95. The minimum Gasteiger partial charge on any atom is -0.232 e. The van der Waals surface area contributed by atoms with Crippen LogP contribution in [0.25, 0.3) is 111 Å². The summed E-state index contributed by atoms with van der Waals surface area (Å²) in [6, 6.07) is 88.6. The van der Waals surface area contributed by atoms with E-state index >= 15 is 0 Å². The number of hydrogen-bond acceptors (Lipinski definition) is 2. The van der Waals surface area contributed by atoms with Gasteiger partial charge in [0.25, 0.3) is 12.7 Å². The van der Waals surface area contributed by atoms with E-state index in [2.05, 4.69) is 366 Å². The SMILES string of the molecule is C.C.CC.CC.CC(C)C.CC(C)C.CC(C)C.Cc1cc(-c2c3ccccc3nc[n+]2C)c(C)c(C)c1F.Cc1cc(-c2c3ccccc3nc[n+]2C)c(C)c(C)c1F.Cc1cc(C)c(C)c(-c2c3ccccc3cc[n+]2C)c1.Cc1cc(C)c(C)c(-c2c3ccccc3cc[n+]2C)c1.Cc1cc(C)c(C)c(-c2ccc3ccccc3[n+]2C)c1.Cc1ccccc1.Cc1ccccc1. The van der Waals surface area contributed by atoms with Crippen molar-refractivity contribution >= 4 is 54.3 Å². The maximum absolute atomic E-state index is 14.1. The van der Waals surface area contributed by atoms with Gasteiger partial charge >= 0.3 is 0 Å². The molecule has 17 aromatic rings. The molecule has 0 saturated heterocycles. The van der Waals surface area contributed by atoms with Crippen LogP contribution in [0.3, 0.4) is 0 Å². The first kappa shape index (κ1) is 114. The Labute approximate surface area is 808 Å².